The van der Waals surface area contributed by atoms with Gasteiger partial charge in [0, 0.05) is 17.2 Å². The Morgan fingerprint density at radius 3 is 1.81 bits per heavy atom. The largest absolute Gasteiger partial charge is 0.483 e. The van der Waals surface area contributed by atoms with Crippen molar-refractivity contribution in [2.75, 3.05) is 52.4 Å². The molecule has 1 aromatic heterocycles. The van der Waals surface area contributed by atoms with Crippen molar-refractivity contribution >= 4 is 15.6 Å². The minimum atomic E-state index is -5.63. The summed E-state index contributed by atoms with van der Waals surface area (Å²) in [6.07, 6.45) is -15.5. The Balaban J connectivity index is 0.000000812. The molecule has 11 atom stereocenters. The van der Waals surface area contributed by atoms with Crippen LogP contribution in [-0.2, 0) is 32.0 Å². The number of ether oxygens (including phenoxy) is 2. The topological polar surface area (TPSA) is 332 Å². The maximum absolute atomic E-state index is 12.3. The van der Waals surface area contributed by atoms with E-state index >= 15 is 0 Å². The van der Waals surface area contributed by atoms with E-state index in [1.54, 1.807) is 0 Å². The Morgan fingerprint density at radius 1 is 0.827 bits per heavy atom. The van der Waals surface area contributed by atoms with Crippen molar-refractivity contribution in [3.8, 4) is 0 Å². The highest BCUT2D eigenvalue weighted by Crippen LogP contribution is 2.61. The van der Waals surface area contributed by atoms with Crippen LogP contribution < -0.4 is 11.2 Å². The van der Waals surface area contributed by atoms with Crippen LogP contribution in [0.15, 0.2) is 27.0 Å². The van der Waals surface area contributed by atoms with E-state index in [1.165, 1.54) is 39.3 Å². The molecule has 302 valence electrons. The second kappa shape index (κ2) is 23.0. The van der Waals surface area contributed by atoms with Gasteiger partial charge in [0.2, 0.25) is 0 Å². The molecule has 2 unspecified atom stereocenters. The van der Waals surface area contributed by atoms with Crippen LogP contribution in [0, 0.1) is 0 Å². The molecule has 2 aliphatic rings. The highest BCUT2D eigenvalue weighted by molar-refractivity contribution is 7.61. The molecule has 0 radical (unpaired) electrons. The van der Waals surface area contributed by atoms with Crippen molar-refractivity contribution in [3.05, 3.63) is 43.5 Å². The van der Waals surface area contributed by atoms with Crippen molar-refractivity contribution in [3.63, 3.8) is 0 Å². The number of H-pyrrole nitrogens is 1. The molecule has 2 saturated heterocycles. The molecule has 8 N–H and O–H groups in total. The van der Waals surface area contributed by atoms with Gasteiger partial charge in [0.15, 0.2) is 12.5 Å². The quantitative estimate of drug-likeness (QED) is 0.0440. The molecular weight excluding hydrogens is 740 g/mol. The zero-order valence-electron chi connectivity index (χ0n) is 29.9. The summed E-state index contributed by atoms with van der Waals surface area (Å²) in [5.74, 6) is 0. The van der Waals surface area contributed by atoms with Gasteiger partial charge in [0.1, 0.15) is 36.6 Å². The van der Waals surface area contributed by atoms with E-state index < -0.39 is 95.3 Å². The van der Waals surface area contributed by atoms with Crippen molar-refractivity contribution in [2.45, 2.75) is 96.8 Å². The van der Waals surface area contributed by atoms with Crippen LogP contribution in [-0.4, -0.2) is 156 Å². The van der Waals surface area contributed by atoms with Crippen molar-refractivity contribution < 1.29 is 67.3 Å². The number of aliphatic hydroxyl groups excluding tert-OH is 5. The molecule has 0 saturated carbocycles. The highest BCUT2D eigenvalue weighted by atomic mass is 31.3. The number of phosphoric acid groups is 2. The lowest BCUT2D eigenvalue weighted by Gasteiger charge is -2.39. The summed E-state index contributed by atoms with van der Waals surface area (Å²) in [6.45, 7) is 18.6. The van der Waals surface area contributed by atoms with Gasteiger partial charge in [-0.3, -0.25) is 23.4 Å². The first-order valence-electron chi connectivity index (χ1n) is 16.5. The van der Waals surface area contributed by atoms with Crippen LogP contribution in [0.2, 0.25) is 0 Å². The zero-order chi connectivity index (χ0) is 39.8. The van der Waals surface area contributed by atoms with Crippen LogP contribution in [0.25, 0.3) is 10.4 Å². The number of aromatic nitrogens is 2. The molecule has 52 heavy (non-hydrogen) atoms. The fraction of sp³-hybridized carbons (Fsp3) is 0.852. The summed E-state index contributed by atoms with van der Waals surface area (Å²) in [5, 5.41) is 53.1. The molecule has 3 heterocycles. The number of azide groups is 1. The van der Waals surface area contributed by atoms with Crippen molar-refractivity contribution in [1.29, 1.82) is 0 Å². The fourth-order valence-corrected chi connectivity index (χ4v) is 6.97. The Kier molecular flexibility index (Phi) is 21.1. The summed E-state index contributed by atoms with van der Waals surface area (Å²) < 4.78 is 48.5. The van der Waals surface area contributed by atoms with Crippen LogP contribution in [0.3, 0.4) is 0 Å². The molecule has 25 heteroatoms. The first kappa shape index (κ1) is 47.9. The zero-order valence-corrected chi connectivity index (χ0v) is 31.7. The van der Waals surface area contributed by atoms with Gasteiger partial charge in [0.05, 0.1) is 19.3 Å². The predicted octanol–water partition coefficient (Wildman–Crippen LogP) is -0.779. The predicted molar refractivity (Wildman–Crippen MR) is 183 cm³/mol. The third-order valence-electron chi connectivity index (χ3n) is 7.98. The average Bonchev–Trinajstić information content (AvgIpc) is 3.37. The fourth-order valence-electron chi connectivity index (χ4n) is 4.81. The number of phosphoric ester groups is 2. The van der Waals surface area contributed by atoms with E-state index in [4.69, 9.17) is 15.0 Å². The first-order valence-corrected chi connectivity index (χ1v) is 19.5. The van der Waals surface area contributed by atoms with Crippen LogP contribution >= 0.6 is 15.6 Å². The Labute approximate surface area is 300 Å². The van der Waals surface area contributed by atoms with Gasteiger partial charge in [-0.2, -0.15) is 4.31 Å². The first-order chi connectivity index (χ1) is 24.3. The monoisotopic (exact) mass is 793 g/mol. The Hall–Kier alpha value is -2.11. The summed E-state index contributed by atoms with van der Waals surface area (Å²) >= 11 is 0. The van der Waals surface area contributed by atoms with E-state index in [0.29, 0.717) is 0 Å². The van der Waals surface area contributed by atoms with Crippen LogP contribution in [0.1, 0.15) is 47.8 Å². The van der Waals surface area contributed by atoms with E-state index in [0.717, 1.165) is 16.8 Å². The molecule has 0 bridgehead atoms. The SMILES string of the molecule is CCN(CC)CC.CCN(CC)CC.[N-]=[N+]=NC[C@H]1O[C@H](OP(=O)(O)OP(=O)(O)OC[C@H]2O[C@@H](n3ccc(=O)[nH]c3=O)[C@H](O)[C@@H]2O)[C@H](O)[C@@H](O)[C@H]1O. The molecule has 2 aliphatic heterocycles. The maximum Gasteiger partial charge on any atom is 0.483 e. The average molecular weight is 794 g/mol. The normalized spacial score (nSPS) is 29.6. The molecule has 23 nitrogen and oxygen atoms in total. The molecular formula is C27H53N7O16P2. The van der Waals surface area contributed by atoms with E-state index in [-0.39, 0.29) is 0 Å². The van der Waals surface area contributed by atoms with Crippen molar-refractivity contribution in [2.24, 2.45) is 5.11 Å². The van der Waals surface area contributed by atoms with Crippen LogP contribution in [0.5, 0.6) is 0 Å². The van der Waals surface area contributed by atoms with Gasteiger partial charge in [-0.15, -0.1) is 0 Å². The Morgan fingerprint density at radius 2 is 1.35 bits per heavy atom. The number of rotatable bonds is 16. The summed E-state index contributed by atoms with van der Waals surface area (Å²) in [7, 11) is -11.1. The molecule has 3 rings (SSSR count). The molecule has 2 fully saturated rings. The van der Waals surface area contributed by atoms with Gasteiger partial charge >= 0.3 is 21.3 Å². The number of nitrogens with zero attached hydrogens (tertiary/aromatic N) is 6. The lowest BCUT2D eigenvalue weighted by molar-refractivity contribution is -0.272. The number of hydrogen-bond donors (Lipinski definition) is 8. The standard InChI is InChI=1S/C15H23N5O16P2.2C6H15N/c16-19-17-3-5-8(22)10(24)12(26)14(34-5)35-38(30,31)36-37(28,29)32-4-6-9(23)11(25)13(33-6)20-2-1-7(21)18-15(20)27;2*1-4-7(5-2)6-3/h1-2,5-6,8-14,22-26H,3-4H2,(H,28,29)(H,30,31)(H,18,21,27);2*4-6H2,1-3H3/t5-,6-,8+,9-,10+,11-,12-,13-,14-;;/m1../s1. The summed E-state index contributed by atoms with van der Waals surface area (Å²) in [4.78, 5) is 51.8. The van der Waals surface area contributed by atoms with Gasteiger partial charge < -0.3 is 54.6 Å². The summed E-state index contributed by atoms with van der Waals surface area (Å²) in [5.41, 5.74) is 6.61. The minimum Gasteiger partial charge on any atom is -0.388 e. The van der Waals surface area contributed by atoms with E-state index in [2.05, 4.69) is 74.7 Å². The lowest BCUT2D eigenvalue weighted by Crippen LogP contribution is -2.58. The van der Waals surface area contributed by atoms with E-state index in [1.807, 2.05) is 4.98 Å². The lowest BCUT2D eigenvalue weighted by atomic mass is 9.99. The molecule has 0 aliphatic carbocycles. The van der Waals surface area contributed by atoms with Crippen molar-refractivity contribution in [1.82, 2.24) is 19.4 Å². The van der Waals surface area contributed by atoms with Gasteiger partial charge in [-0.05, 0) is 44.8 Å². The smallest absolute Gasteiger partial charge is 0.388 e. The maximum atomic E-state index is 12.3. The Bertz CT molecular complexity index is 1430. The second-order valence-electron chi connectivity index (χ2n) is 11.2. The number of aliphatic hydroxyl groups is 5. The molecule has 0 amide bonds. The minimum absolute atomic E-state index is 0.596. The molecule has 0 spiro atoms. The number of nitrogens with one attached hydrogen (secondary N) is 1. The molecule has 0 aromatic carbocycles. The van der Waals surface area contributed by atoms with E-state index in [9.17, 15) is 54.0 Å². The van der Waals surface area contributed by atoms with Gasteiger partial charge in [0.25, 0.3) is 5.56 Å². The van der Waals surface area contributed by atoms with Gasteiger partial charge in [-0.1, -0.05) is 46.7 Å². The molecule has 1 aromatic rings. The second-order valence-corrected chi connectivity index (χ2v) is 14.1. The van der Waals surface area contributed by atoms with Gasteiger partial charge in [-0.25, -0.2) is 13.9 Å². The van der Waals surface area contributed by atoms with Crippen LogP contribution in [0.4, 0.5) is 0 Å². The number of hydrogen-bond acceptors (Lipinski definition) is 17. The summed E-state index contributed by atoms with van der Waals surface area (Å²) in [6, 6.07) is 0.924. The third kappa shape index (κ3) is 15.0. The third-order valence-corrected chi connectivity index (χ3v) is 10.6. The highest BCUT2D eigenvalue weighted by Gasteiger charge is 2.49. The number of aromatic amines is 1.